The van der Waals surface area contributed by atoms with Crippen molar-refractivity contribution in [3.63, 3.8) is 0 Å². The fourth-order valence-electron chi connectivity index (χ4n) is 2.77. The van der Waals surface area contributed by atoms with E-state index in [-0.39, 0.29) is 10.6 Å². The average Bonchev–Trinajstić information content (AvgIpc) is 2.95. The van der Waals surface area contributed by atoms with Gasteiger partial charge < -0.3 is 9.47 Å². The smallest absolute Gasteiger partial charge is 0.338 e. The highest BCUT2D eigenvalue weighted by molar-refractivity contribution is 6.60. The van der Waals surface area contributed by atoms with E-state index in [1.165, 1.54) is 31.4 Å². The van der Waals surface area contributed by atoms with Crippen molar-refractivity contribution in [3.8, 4) is 5.75 Å². The third-order valence-corrected chi connectivity index (χ3v) is 4.56. The number of carbonyl (C=O) groups excluding carboxylic acids is 3. The zero-order valence-corrected chi connectivity index (χ0v) is 16.2. The number of esters is 1. The second kappa shape index (κ2) is 8.27. The molecule has 3 rings (SSSR count). The molecule has 0 aromatic heterocycles. The van der Waals surface area contributed by atoms with E-state index in [2.05, 4.69) is 0 Å². The van der Waals surface area contributed by atoms with Crippen molar-refractivity contribution in [3.05, 3.63) is 64.7 Å². The monoisotopic (exact) mass is 399 g/mol. The Morgan fingerprint density at radius 1 is 1.00 bits per heavy atom. The van der Waals surface area contributed by atoms with Crippen LogP contribution in [0.2, 0.25) is 0 Å². The van der Waals surface area contributed by atoms with Gasteiger partial charge in [0, 0.05) is 0 Å². The van der Waals surface area contributed by atoms with Gasteiger partial charge in [0.1, 0.15) is 10.8 Å². The van der Waals surface area contributed by atoms with E-state index in [9.17, 15) is 14.4 Å². The van der Waals surface area contributed by atoms with E-state index >= 15 is 0 Å². The zero-order chi connectivity index (χ0) is 20.3. The summed E-state index contributed by atoms with van der Waals surface area (Å²) in [7, 11) is 1.54. The Morgan fingerprint density at radius 2 is 1.64 bits per heavy atom. The van der Waals surface area contributed by atoms with Crippen molar-refractivity contribution in [2.75, 3.05) is 18.6 Å². The minimum absolute atomic E-state index is 0.126. The lowest BCUT2D eigenvalue weighted by Gasteiger charge is -2.15. The molecule has 0 spiro atoms. The number of amides is 2. The van der Waals surface area contributed by atoms with Gasteiger partial charge in [0.2, 0.25) is 0 Å². The molecule has 0 bridgehead atoms. The molecule has 0 saturated carbocycles. The highest BCUT2D eigenvalue weighted by Gasteiger charge is 2.39. The third kappa shape index (κ3) is 3.64. The summed E-state index contributed by atoms with van der Waals surface area (Å²) in [6, 6.07) is 12.7. The van der Waals surface area contributed by atoms with Crippen LogP contribution in [0.5, 0.6) is 5.75 Å². The van der Waals surface area contributed by atoms with Gasteiger partial charge in [0.15, 0.2) is 0 Å². The summed E-state index contributed by atoms with van der Waals surface area (Å²) in [6.45, 7) is 2.23. The summed E-state index contributed by atoms with van der Waals surface area (Å²) in [5, 5.41) is -0.151. The van der Waals surface area contributed by atoms with Gasteiger partial charge in [-0.3, -0.25) is 9.59 Å². The Hall–Kier alpha value is -3.12. The number of hydrogen-bond acceptors (Lipinski definition) is 5. The van der Waals surface area contributed by atoms with E-state index in [1.807, 2.05) is 6.92 Å². The van der Waals surface area contributed by atoms with Crippen LogP contribution in [0.1, 0.15) is 29.3 Å². The molecular formula is C21H18ClNO5. The maximum Gasteiger partial charge on any atom is 0.338 e. The number of rotatable bonds is 6. The van der Waals surface area contributed by atoms with E-state index < -0.39 is 17.8 Å². The van der Waals surface area contributed by atoms with Crippen LogP contribution in [-0.4, -0.2) is 31.5 Å². The van der Waals surface area contributed by atoms with Gasteiger partial charge in [0.05, 0.1) is 30.5 Å². The largest absolute Gasteiger partial charge is 0.497 e. The standard InChI is InChI=1S/C21H18ClNO5/c1-3-12-28-21(26)14-4-8-15(9-5-14)23-19(24)17(18(22)20(23)25)13-6-10-16(27-2)11-7-13/h4-11H,3,12H2,1-2H3. The van der Waals surface area contributed by atoms with Crippen LogP contribution >= 0.6 is 11.6 Å². The van der Waals surface area contributed by atoms with Gasteiger partial charge in [-0.05, 0) is 48.4 Å². The van der Waals surface area contributed by atoms with Gasteiger partial charge in [0.25, 0.3) is 11.8 Å². The summed E-state index contributed by atoms with van der Waals surface area (Å²) in [4.78, 5) is 38.3. The van der Waals surface area contributed by atoms with Crippen molar-refractivity contribution >= 4 is 40.6 Å². The minimum Gasteiger partial charge on any atom is -0.497 e. The summed E-state index contributed by atoms with van der Waals surface area (Å²) in [5.74, 6) is -0.970. The van der Waals surface area contributed by atoms with Crippen LogP contribution in [0.15, 0.2) is 53.6 Å². The maximum absolute atomic E-state index is 12.9. The Kier molecular flexibility index (Phi) is 5.80. The number of imide groups is 1. The number of methoxy groups -OCH3 is 1. The highest BCUT2D eigenvalue weighted by atomic mass is 35.5. The maximum atomic E-state index is 12.9. The SMILES string of the molecule is CCCOC(=O)c1ccc(N2C(=O)C(Cl)=C(c3ccc(OC)cc3)C2=O)cc1. The number of anilines is 1. The molecule has 0 unspecified atom stereocenters. The second-order valence-electron chi connectivity index (χ2n) is 6.05. The molecule has 144 valence electrons. The fraction of sp³-hybridized carbons (Fsp3) is 0.190. The summed E-state index contributed by atoms with van der Waals surface area (Å²) < 4.78 is 10.2. The normalized spacial score (nSPS) is 13.9. The number of carbonyl (C=O) groups is 3. The first-order valence-electron chi connectivity index (χ1n) is 8.68. The second-order valence-corrected chi connectivity index (χ2v) is 6.42. The first kappa shape index (κ1) is 19.6. The molecule has 6 nitrogen and oxygen atoms in total. The number of benzene rings is 2. The van der Waals surface area contributed by atoms with Crippen LogP contribution in [0.25, 0.3) is 5.57 Å². The van der Waals surface area contributed by atoms with Gasteiger partial charge >= 0.3 is 5.97 Å². The molecule has 1 heterocycles. The number of hydrogen-bond donors (Lipinski definition) is 0. The first-order valence-corrected chi connectivity index (χ1v) is 9.06. The van der Waals surface area contributed by atoms with Crippen LogP contribution < -0.4 is 9.64 Å². The van der Waals surface area contributed by atoms with Crippen molar-refractivity contribution in [1.29, 1.82) is 0 Å². The molecule has 0 aliphatic carbocycles. The average molecular weight is 400 g/mol. The van der Waals surface area contributed by atoms with Crippen molar-refractivity contribution in [2.45, 2.75) is 13.3 Å². The van der Waals surface area contributed by atoms with E-state index in [1.54, 1.807) is 24.3 Å². The van der Waals surface area contributed by atoms with Crippen molar-refractivity contribution in [1.82, 2.24) is 0 Å². The Morgan fingerprint density at radius 3 is 2.21 bits per heavy atom. The molecule has 0 fully saturated rings. The predicted octanol–water partition coefficient (Wildman–Crippen LogP) is 3.79. The van der Waals surface area contributed by atoms with Crippen molar-refractivity contribution in [2.24, 2.45) is 0 Å². The quantitative estimate of drug-likeness (QED) is 0.546. The van der Waals surface area contributed by atoms with Crippen LogP contribution in [-0.2, 0) is 14.3 Å². The minimum atomic E-state index is -0.612. The lowest BCUT2D eigenvalue weighted by molar-refractivity contribution is -0.119. The lowest BCUT2D eigenvalue weighted by Crippen LogP contribution is -2.31. The predicted molar refractivity (Wildman–Crippen MR) is 105 cm³/mol. The van der Waals surface area contributed by atoms with E-state index in [4.69, 9.17) is 21.1 Å². The zero-order valence-electron chi connectivity index (χ0n) is 15.4. The molecule has 2 aromatic carbocycles. The molecule has 0 N–H and O–H groups in total. The molecule has 2 amide bonds. The highest BCUT2D eigenvalue weighted by Crippen LogP contribution is 2.35. The summed E-state index contributed by atoms with van der Waals surface area (Å²) in [5.41, 5.74) is 1.31. The Balaban J connectivity index is 1.85. The van der Waals surface area contributed by atoms with Crippen LogP contribution in [0.4, 0.5) is 5.69 Å². The molecule has 28 heavy (non-hydrogen) atoms. The topological polar surface area (TPSA) is 72.9 Å². The first-order chi connectivity index (χ1) is 13.5. The number of ether oxygens (including phenoxy) is 2. The molecule has 0 saturated heterocycles. The van der Waals surface area contributed by atoms with Gasteiger partial charge in [-0.15, -0.1) is 0 Å². The molecule has 0 radical (unpaired) electrons. The lowest BCUT2D eigenvalue weighted by atomic mass is 10.1. The molecule has 1 aliphatic heterocycles. The Bertz CT molecular complexity index is 948. The fourth-order valence-corrected chi connectivity index (χ4v) is 3.04. The molecule has 2 aromatic rings. The van der Waals surface area contributed by atoms with Gasteiger partial charge in [-0.1, -0.05) is 30.7 Å². The van der Waals surface area contributed by atoms with Crippen LogP contribution in [0.3, 0.4) is 0 Å². The third-order valence-electron chi connectivity index (χ3n) is 4.20. The number of halogens is 1. The van der Waals surface area contributed by atoms with Crippen molar-refractivity contribution < 1.29 is 23.9 Å². The molecule has 0 atom stereocenters. The van der Waals surface area contributed by atoms with Crippen LogP contribution in [0, 0.1) is 0 Å². The van der Waals surface area contributed by atoms with E-state index in [0.717, 1.165) is 11.3 Å². The summed E-state index contributed by atoms with van der Waals surface area (Å²) in [6.07, 6.45) is 0.721. The Labute approximate surface area is 167 Å². The molecule has 1 aliphatic rings. The summed E-state index contributed by atoms with van der Waals surface area (Å²) >= 11 is 6.18. The van der Waals surface area contributed by atoms with Gasteiger partial charge in [-0.25, -0.2) is 9.69 Å². The van der Waals surface area contributed by atoms with E-state index in [0.29, 0.717) is 29.2 Å². The number of nitrogens with zero attached hydrogens (tertiary/aromatic N) is 1. The molecule has 7 heteroatoms. The molecular weight excluding hydrogens is 382 g/mol. The van der Waals surface area contributed by atoms with Gasteiger partial charge in [-0.2, -0.15) is 0 Å².